The quantitative estimate of drug-likeness (QED) is 0.162. The fraction of sp³-hybridized carbons (Fsp3) is 0.158. The highest BCUT2D eigenvalue weighted by Gasteiger charge is 2.41. The molecule has 0 radical (unpaired) electrons. The van der Waals surface area contributed by atoms with Gasteiger partial charge in [-0.25, -0.2) is 4.79 Å². The summed E-state index contributed by atoms with van der Waals surface area (Å²) < 4.78 is -0.688. The minimum atomic E-state index is -1.12. The summed E-state index contributed by atoms with van der Waals surface area (Å²) in [6.45, 7) is 0.164. The van der Waals surface area contributed by atoms with Gasteiger partial charge in [0, 0.05) is 25.3 Å². The van der Waals surface area contributed by atoms with Crippen molar-refractivity contribution in [1.29, 1.82) is 0 Å². The molecule has 0 fully saturated rings. The molecule has 2 amide bonds. The van der Waals surface area contributed by atoms with Crippen molar-refractivity contribution in [1.82, 2.24) is 10.2 Å². The van der Waals surface area contributed by atoms with Gasteiger partial charge in [0.05, 0.1) is 4.75 Å². The van der Waals surface area contributed by atoms with Gasteiger partial charge >= 0.3 is 6.09 Å². The second-order valence-electron chi connectivity index (χ2n) is 10.9. The SMILES string of the molecule is CNC(=O)[C@H](CSC(c1ccccc1)(c1ccccc1)c1ccccc1)N(CC1c2ccccc2-c2ccccc21)C(=O)O. The van der Waals surface area contributed by atoms with Crippen molar-refractivity contribution in [2.24, 2.45) is 0 Å². The van der Waals surface area contributed by atoms with Gasteiger partial charge in [-0.2, -0.15) is 0 Å². The molecule has 0 heterocycles. The number of fused-ring (bicyclic) bond motifs is 3. The van der Waals surface area contributed by atoms with Crippen LogP contribution in [0.2, 0.25) is 0 Å². The molecule has 220 valence electrons. The van der Waals surface area contributed by atoms with Gasteiger partial charge < -0.3 is 10.4 Å². The second kappa shape index (κ2) is 12.8. The number of rotatable bonds is 10. The molecule has 0 unspecified atom stereocenters. The first kappa shape index (κ1) is 29.3. The van der Waals surface area contributed by atoms with Gasteiger partial charge in [-0.1, -0.05) is 140 Å². The lowest BCUT2D eigenvalue weighted by atomic mass is 9.84. The van der Waals surface area contributed by atoms with Crippen LogP contribution in [0.3, 0.4) is 0 Å². The number of likely N-dealkylation sites (N-methyl/N-ethyl adjacent to an activating group) is 1. The fourth-order valence-corrected chi connectivity index (χ4v) is 8.09. The molecule has 0 bridgehead atoms. The zero-order valence-electron chi connectivity index (χ0n) is 24.5. The smallest absolute Gasteiger partial charge is 0.408 e. The third-order valence-electron chi connectivity index (χ3n) is 8.51. The summed E-state index contributed by atoms with van der Waals surface area (Å²) >= 11 is 1.59. The summed E-state index contributed by atoms with van der Waals surface area (Å²) in [4.78, 5) is 28.0. The maximum Gasteiger partial charge on any atom is 0.408 e. The maximum absolute atomic E-state index is 13.6. The van der Waals surface area contributed by atoms with Gasteiger partial charge in [0.25, 0.3) is 0 Å². The van der Waals surface area contributed by atoms with Crippen molar-refractivity contribution in [3.8, 4) is 11.1 Å². The fourth-order valence-electron chi connectivity index (χ4n) is 6.44. The summed E-state index contributed by atoms with van der Waals surface area (Å²) in [7, 11) is 1.57. The Morgan fingerprint density at radius 3 is 1.52 bits per heavy atom. The van der Waals surface area contributed by atoms with Crippen LogP contribution in [0.5, 0.6) is 0 Å². The molecule has 0 aliphatic heterocycles. The van der Waals surface area contributed by atoms with Gasteiger partial charge in [0.15, 0.2) is 0 Å². The number of carbonyl (C=O) groups excluding carboxylic acids is 1. The van der Waals surface area contributed by atoms with Crippen LogP contribution in [-0.4, -0.2) is 47.4 Å². The standard InChI is InChI=1S/C38H34N2O3S/c1-39-36(41)35(40(37(42)43)25-34-32-23-13-11-21-30(32)31-22-12-14-24-33(31)34)26-44-38(27-15-5-2-6-16-27,28-17-7-3-8-18-28)29-19-9-4-10-20-29/h2-24,34-35H,25-26H2,1H3,(H,39,41)(H,42,43)/t35-/m0/s1. The van der Waals surface area contributed by atoms with Gasteiger partial charge in [-0.15, -0.1) is 11.8 Å². The van der Waals surface area contributed by atoms with Crippen LogP contribution < -0.4 is 5.32 Å². The molecule has 0 spiro atoms. The molecule has 0 aromatic heterocycles. The monoisotopic (exact) mass is 598 g/mol. The molecule has 1 aliphatic carbocycles. The number of hydrogen-bond acceptors (Lipinski definition) is 3. The van der Waals surface area contributed by atoms with Crippen LogP contribution >= 0.6 is 11.8 Å². The molecule has 0 saturated carbocycles. The molecule has 5 aromatic carbocycles. The molecule has 5 aromatic rings. The number of benzene rings is 5. The van der Waals surface area contributed by atoms with Crippen molar-refractivity contribution >= 4 is 23.8 Å². The van der Waals surface area contributed by atoms with E-state index in [0.717, 1.165) is 38.9 Å². The van der Waals surface area contributed by atoms with Crippen LogP contribution in [0.25, 0.3) is 11.1 Å². The Labute approximate surface area is 262 Å². The number of nitrogens with one attached hydrogen (secondary N) is 1. The van der Waals surface area contributed by atoms with Crippen molar-refractivity contribution in [3.05, 3.63) is 167 Å². The van der Waals surface area contributed by atoms with Gasteiger partial charge in [-0.3, -0.25) is 9.69 Å². The second-order valence-corrected chi connectivity index (χ2v) is 12.1. The Bertz CT molecular complexity index is 1600. The van der Waals surface area contributed by atoms with Crippen molar-refractivity contribution in [2.45, 2.75) is 16.7 Å². The van der Waals surface area contributed by atoms with Gasteiger partial charge in [0.1, 0.15) is 6.04 Å². The Morgan fingerprint density at radius 1 is 0.705 bits per heavy atom. The third-order valence-corrected chi connectivity index (χ3v) is 10.1. The first-order chi connectivity index (χ1) is 21.5. The average Bonchev–Trinajstić information content (AvgIpc) is 3.40. The van der Waals surface area contributed by atoms with Crippen LogP contribution in [0.15, 0.2) is 140 Å². The summed E-state index contributed by atoms with van der Waals surface area (Å²) in [5.74, 6) is -0.277. The number of carboxylic acid groups (broad SMARTS) is 1. The Kier molecular flexibility index (Phi) is 8.53. The molecule has 44 heavy (non-hydrogen) atoms. The lowest BCUT2D eigenvalue weighted by Crippen LogP contribution is -2.51. The summed E-state index contributed by atoms with van der Waals surface area (Å²) in [6.07, 6.45) is -1.12. The number of thioether (sulfide) groups is 1. The summed E-state index contributed by atoms with van der Waals surface area (Å²) in [5.41, 5.74) is 7.54. The molecular weight excluding hydrogens is 564 g/mol. The minimum absolute atomic E-state index is 0.164. The van der Waals surface area contributed by atoms with Crippen molar-refractivity contribution in [3.63, 3.8) is 0 Å². The summed E-state index contributed by atoms with van der Waals surface area (Å²) in [6, 6.07) is 46.0. The van der Waals surface area contributed by atoms with E-state index in [1.807, 2.05) is 78.9 Å². The Morgan fingerprint density at radius 2 is 1.11 bits per heavy atom. The molecule has 2 N–H and O–H groups in total. The highest BCUT2D eigenvalue weighted by Crippen LogP contribution is 2.49. The van der Waals surface area contributed by atoms with E-state index in [4.69, 9.17) is 0 Å². The largest absolute Gasteiger partial charge is 0.465 e. The van der Waals surface area contributed by atoms with Crippen LogP contribution in [0.1, 0.15) is 33.7 Å². The predicted octanol–water partition coefficient (Wildman–Crippen LogP) is 7.62. The lowest BCUT2D eigenvalue weighted by molar-refractivity contribution is -0.124. The zero-order chi connectivity index (χ0) is 30.5. The van der Waals surface area contributed by atoms with E-state index in [1.165, 1.54) is 4.90 Å². The predicted molar refractivity (Wildman–Crippen MR) is 178 cm³/mol. The summed E-state index contributed by atoms with van der Waals surface area (Å²) in [5, 5.41) is 13.4. The Balaban J connectivity index is 1.42. The number of nitrogens with zero attached hydrogens (tertiary/aromatic N) is 1. The third kappa shape index (κ3) is 5.38. The molecular formula is C38H34N2O3S. The van der Waals surface area contributed by atoms with Crippen LogP contribution in [-0.2, 0) is 9.54 Å². The average molecular weight is 599 g/mol. The topological polar surface area (TPSA) is 69.6 Å². The van der Waals surface area contributed by atoms with E-state index < -0.39 is 16.9 Å². The molecule has 6 heteroatoms. The van der Waals surface area contributed by atoms with Crippen molar-refractivity contribution < 1.29 is 14.7 Å². The first-order valence-corrected chi connectivity index (χ1v) is 15.7. The Hall–Kier alpha value is -4.81. The number of hydrogen-bond donors (Lipinski definition) is 2. The van der Waals surface area contributed by atoms with E-state index in [0.29, 0.717) is 0 Å². The van der Waals surface area contributed by atoms with Crippen molar-refractivity contribution in [2.75, 3.05) is 19.3 Å². The highest BCUT2D eigenvalue weighted by atomic mass is 32.2. The van der Waals surface area contributed by atoms with E-state index in [1.54, 1.807) is 18.8 Å². The van der Waals surface area contributed by atoms with E-state index in [2.05, 4.69) is 66.0 Å². The lowest BCUT2D eigenvalue weighted by Gasteiger charge is -2.38. The zero-order valence-corrected chi connectivity index (χ0v) is 25.3. The van der Waals surface area contributed by atoms with Gasteiger partial charge in [0.2, 0.25) is 5.91 Å². The highest BCUT2D eigenvalue weighted by molar-refractivity contribution is 8.00. The van der Waals surface area contributed by atoms with Crippen LogP contribution in [0, 0.1) is 0 Å². The van der Waals surface area contributed by atoms with Crippen LogP contribution in [0.4, 0.5) is 4.79 Å². The number of carbonyl (C=O) groups is 2. The maximum atomic E-state index is 13.6. The van der Waals surface area contributed by atoms with E-state index >= 15 is 0 Å². The normalized spacial score (nSPS) is 13.0. The molecule has 6 rings (SSSR count). The van der Waals surface area contributed by atoms with E-state index in [9.17, 15) is 14.7 Å². The molecule has 0 saturated heterocycles. The number of amides is 2. The minimum Gasteiger partial charge on any atom is -0.465 e. The first-order valence-electron chi connectivity index (χ1n) is 14.7. The molecule has 5 nitrogen and oxygen atoms in total. The van der Waals surface area contributed by atoms with Gasteiger partial charge in [-0.05, 0) is 38.9 Å². The van der Waals surface area contributed by atoms with E-state index in [-0.39, 0.29) is 24.1 Å². The molecule has 1 atom stereocenters. The molecule has 1 aliphatic rings.